The molecule has 7 nitrogen and oxygen atoms in total. The van der Waals surface area contributed by atoms with Gasteiger partial charge < -0.3 is 19.3 Å². The van der Waals surface area contributed by atoms with Crippen LogP contribution in [-0.4, -0.2) is 65.3 Å². The first kappa shape index (κ1) is 20.8. The molecule has 3 saturated heterocycles. The van der Waals surface area contributed by atoms with Gasteiger partial charge in [-0.3, -0.25) is 4.79 Å². The van der Waals surface area contributed by atoms with Gasteiger partial charge in [0.15, 0.2) is 5.79 Å². The molecule has 5 rings (SSSR count). The van der Waals surface area contributed by atoms with E-state index in [0.717, 1.165) is 69.2 Å². The maximum absolute atomic E-state index is 13.0. The summed E-state index contributed by atoms with van der Waals surface area (Å²) < 4.78 is 16.1. The Kier molecular flexibility index (Phi) is 5.95. The molecule has 3 aliphatic rings. The van der Waals surface area contributed by atoms with E-state index in [1.54, 1.807) is 0 Å². The minimum atomic E-state index is -0.422. The zero-order valence-corrected chi connectivity index (χ0v) is 18.9. The van der Waals surface area contributed by atoms with E-state index in [1.165, 1.54) is 22.7 Å². The molecule has 0 atom stereocenters. The van der Waals surface area contributed by atoms with Crippen LogP contribution in [0.15, 0.2) is 24.3 Å². The summed E-state index contributed by atoms with van der Waals surface area (Å²) in [5, 5.41) is 0.975. The number of rotatable bonds is 4. The summed E-state index contributed by atoms with van der Waals surface area (Å²) in [7, 11) is 0. The van der Waals surface area contributed by atoms with E-state index < -0.39 is 5.79 Å². The summed E-state index contributed by atoms with van der Waals surface area (Å²) in [6, 6.07) is 8.53. The number of piperidine rings is 2. The van der Waals surface area contributed by atoms with E-state index in [4.69, 9.17) is 14.5 Å². The average molecular weight is 443 g/mol. The first-order chi connectivity index (χ1) is 15.1. The number of amides is 1. The fourth-order valence-electron chi connectivity index (χ4n) is 4.76. The Balaban J connectivity index is 1.12. The van der Waals surface area contributed by atoms with Crippen LogP contribution in [0.2, 0.25) is 0 Å². The summed E-state index contributed by atoms with van der Waals surface area (Å²) in [6.45, 7) is 6.63. The number of carbonyl (C=O) groups is 1. The number of nitrogens with zero attached hydrogens (tertiary/aromatic N) is 4. The average Bonchev–Trinajstić information content (AvgIpc) is 3.46. The Hall–Kier alpha value is -2.03. The summed E-state index contributed by atoms with van der Waals surface area (Å²) in [5.41, 5.74) is 2.49. The lowest BCUT2D eigenvalue weighted by atomic mass is 9.94. The van der Waals surface area contributed by atoms with Crippen molar-refractivity contribution in [3.8, 4) is 0 Å². The van der Waals surface area contributed by atoms with Gasteiger partial charge in [-0.1, -0.05) is 29.8 Å². The first-order valence-electron chi connectivity index (χ1n) is 11.3. The highest BCUT2D eigenvalue weighted by Gasteiger charge is 2.42. The molecular formula is C23H30N4O3S. The third kappa shape index (κ3) is 4.61. The Labute approximate surface area is 187 Å². The second-order valence-electron chi connectivity index (χ2n) is 8.85. The third-order valence-electron chi connectivity index (χ3n) is 6.71. The highest BCUT2D eigenvalue weighted by Crippen LogP contribution is 2.33. The number of anilines is 1. The fraction of sp³-hybridized carbons (Fsp3) is 0.609. The van der Waals surface area contributed by atoms with E-state index in [2.05, 4.69) is 40.5 Å². The molecule has 3 fully saturated rings. The van der Waals surface area contributed by atoms with Crippen molar-refractivity contribution in [3.63, 3.8) is 0 Å². The van der Waals surface area contributed by atoms with Gasteiger partial charge in [0.05, 0.1) is 13.2 Å². The van der Waals surface area contributed by atoms with E-state index in [1.807, 2.05) is 4.90 Å². The Bertz CT molecular complexity index is 892. The van der Waals surface area contributed by atoms with Gasteiger partial charge in [-0.15, -0.1) is 0 Å². The van der Waals surface area contributed by atoms with E-state index in [9.17, 15) is 4.79 Å². The van der Waals surface area contributed by atoms with Gasteiger partial charge in [0.25, 0.3) is 0 Å². The molecule has 1 spiro atoms. The van der Waals surface area contributed by atoms with Gasteiger partial charge in [-0.2, -0.15) is 4.37 Å². The predicted molar refractivity (Wildman–Crippen MR) is 119 cm³/mol. The number of hydrogen-bond donors (Lipinski definition) is 0. The molecule has 0 aliphatic carbocycles. The van der Waals surface area contributed by atoms with Gasteiger partial charge in [0.1, 0.15) is 5.82 Å². The molecule has 0 saturated carbocycles. The maximum atomic E-state index is 13.0. The summed E-state index contributed by atoms with van der Waals surface area (Å²) in [5.74, 6) is 0.856. The van der Waals surface area contributed by atoms with E-state index >= 15 is 0 Å². The lowest BCUT2D eigenvalue weighted by Crippen LogP contribution is -2.50. The molecule has 0 radical (unpaired) electrons. The summed E-state index contributed by atoms with van der Waals surface area (Å²) >= 11 is 1.47. The van der Waals surface area contributed by atoms with Gasteiger partial charge >= 0.3 is 0 Å². The molecule has 1 aromatic heterocycles. The number of hydrogen-bond acceptors (Lipinski definition) is 7. The maximum Gasteiger partial charge on any atom is 0.225 e. The van der Waals surface area contributed by atoms with Crippen LogP contribution in [0.1, 0.15) is 42.6 Å². The van der Waals surface area contributed by atoms with E-state index in [0.29, 0.717) is 19.1 Å². The number of aromatic nitrogens is 2. The summed E-state index contributed by atoms with van der Waals surface area (Å²) in [6.07, 6.45) is 4.08. The zero-order valence-electron chi connectivity index (χ0n) is 18.1. The molecule has 3 aliphatic heterocycles. The molecule has 166 valence electrons. The topological polar surface area (TPSA) is 67.8 Å². The summed E-state index contributed by atoms with van der Waals surface area (Å²) in [4.78, 5) is 22.1. The van der Waals surface area contributed by atoms with Gasteiger partial charge in [0, 0.05) is 62.9 Å². The number of likely N-dealkylation sites (tertiary alicyclic amines) is 1. The molecule has 2 aromatic rings. The normalized spacial score (nSPS) is 21.7. The van der Waals surface area contributed by atoms with Gasteiger partial charge in [0.2, 0.25) is 11.0 Å². The molecule has 0 unspecified atom stereocenters. The van der Waals surface area contributed by atoms with Crippen molar-refractivity contribution in [2.24, 2.45) is 5.92 Å². The molecule has 8 heteroatoms. The number of ether oxygens (including phenoxy) is 2. The molecule has 0 N–H and O–H groups in total. The van der Waals surface area contributed by atoms with Crippen molar-refractivity contribution in [3.05, 3.63) is 41.2 Å². The SMILES string of the molecule is Cc1ccc(Cc2nsc(N3CCC(C(=O)N4CCC5(CC4)OCCO5)CC3)n2)cc1. The second-order valence-corrected chi connectivity index (χ2v) is 9.58. The smallest absolute Gasteiger partial charge is 0.225 e. The van der Waals surface area contributed by atoms with Gasteiger partial charge in [-0.25, -0.2) is 4.98 Å². The molecule has 1 aromatic carbocycles. The lowest BCUT2D eigenvalue weighted by molar-refractivity contribution is -0.188. The minimum absolute atomic E-state index is 0.107. The van der Waals surface area contributed by atoms with Crippen LogP contribution in [0, 0.1) is 12.8 Å². The monoisotopic (exact) mass is 442 g/mol. The first-order valence-corrected chi connectivity index (χ1v) is 12.1. The quantitative estimate of drug-likeness (QED) is 0.725. The third-order valence-corrected chi connectivity index (χ3v) is 7.52. The number of aryl methyl sites for hydroxylation is 1. The van der Waals surface area contributed by atoms with Crippen LogP contribution in [0.25, 0.3) is 0 Å². The van der Waals surface area contributed by atoms with Gasteiger partial charge in [-0.05, 0) is 25.3 Å². The number of carbonyl (C=O) groups excluding carboxylic acids is 1. The Morgan fingerprint density at radius 2 is 1.77 bits per heavy atom. The van der Waals surface area contributed by atoms with Crippen molar-refractivity contribution in [1.82, 2.24) is 14.3 Å². The Morgan fingerprint density at radius 3 is 2.45 bits per heavy atom. The molecule has 4 heterocycles. The molecule has 0 bridgehead atoms. The number of benzene rings is 1. The van der Waals surface area contributed by atoms with Crippen molar-refractivity contribution < 1.29 is 14.3 Å². The molecular weight excluding hydrogens is 412 g/mol. The predicted octanol–water partition coefficient (Wildman–Crippen LogP) is 3.02. The van der Waals surface area contributed by atoms with Crippen molar-refractivity contribution in [1.29, 1.82) is 0 Å². The van der Waals surface area contributed by atoms with Crippen molar-refractivity contribution >= 4 is 22.6 Å². The lowest BCUT2D eigenvalue weighted by Gasteiger charge is -2.40. The van der Waals surface area contributed by atoms with Crippen LogP contribution in [0.5, 0.6) is 0 Å². The molecule has 31 heavy (non-hydrogen) atoms. The standard InChI is InChI=1S/C23H30N4O3S/c1-17-2-4-18(5-3-17)16-20-24-22(31-25-20)27-10-6-19(7-11-27)21(28)26-12-8-23(9-13-26)29-14-15-30-23/h2-5,19H,6-16H2,1H3. The van der Waals surface area contributed by atoms with Crippen molar-refractivity contribution in [2.45, 2.75) is 44.8 Å². The van der Waals surface area contributed by atoms with Crippen LogP contribution >= 0.6 is 11.5 Å². The zero-order chi connectivity index (χ0) is 21.3. The Morgan fingerprint density at radius 1 is 1.10 bits per heavy atom. The highest BCUT2D eigenvalue weighted by molar-refractivity contribution is 7.09. The highest BCUT2D eigenvalue weighted by atomic mass is 32.1. The van der Waals surface area contributed by atoms with Crippen LogP contribution in [0.4, 0.5) is 5.13 Å². The van der Waals surface area contributed by atoms with Crippen LogP contribution < -0.4 is 4.90 Å². The van der Waals surface area contributed by atoms with E-state index in [-0.39, 0.29) is 5.92 Å². The largest absolute Gasteiger partial charge is 0.347 e. The van der Waals surface area contributed by atoms with Crippen LogP contribution in [0.3, 0.4) is 0 Å². The molecule has 1 amide bonds. The van der Waals surface area contributed by atoms with Crippen LogP contribution in [-0.2, 0) is 20.7 Å². The fourth-order valence-corrected chi connectivity index (χ4v) is 5.50. The second kappa shape index (κ2) is 8.84. The van der Waals surface area contributed by atoms with Crippen molar-refractivity contribution in [2.75, 3.05) is 44.3 Å². The minimum Gasteiger partial charge on any atom is -0.347 e.